The quantitative estimate of drug-likeness (QED) is 0.665. The summed E-state index contributed by atoms with van der Waals surface area (Å²) >= 11 is 1.49. The number of fused-ring (bicyclic) bond motifs is 1. The Bertz CT molecular complexity index is 960. The van der Waals surface area contributed by atoms with Crippen LogP contribution < -0.4 is 15.4 Å². The molecule has 1 aliphatic heterocycles. The summed E-state index contributed by atoms with van der Waals surface area (Å²) in [6, 6.07) is 4.04. The number of hydrogen-bond acceptors (Lipinski definition) is 8. The lowest BCUT2D eigenvalue weighted by molar-refractivity contribution is 0.0208. The van der Waals surface area contributed by atoms with Crippen LogP contribution in [-0.4, -0.2) is 56.5 Å². The van der Waals surface area contributed by atoms with Crippen LogP contribution in [0.1, 0.15) is 32.4 Å². The maximum absolute atomic E-state index is 10.1. The summed E-state index contributed by atoms with van der Waals surface area (Å²) in [7, 11) is 0. The Hall–Kier alpha value is -2.23. The highest BCUT2D eigenvalue weighted by Gasteiger charge is 2.41. The third-order valence-corrected chi connectivity index (χ3v) is 5.71. The molecule has 3 aromatic heterocycles. The molecule has 0 aliphatic carbocycles. The number of imidazole rings is 1. The molecule has 0 spiro atoms. The zero-order valence-corrected chi connectivity index (χ0v) is 16.5. The van der Waals surface area contributed by atoms with Crippen LogP contribution in [0.3, 0.4) is 0 Å². The summed E-state index contributed by atoms with van der Waals surface area (Å²) in [5, 5.41) is 15.7. The van der Waals surface area contributed by atoms with Crippen molar-refractivity contribution in [2.75, 3.05) is 31.1 Å². The average molecular weight is 388 g/mol. The molecule has 0 saturated carbocycles. The number of aliphatic hydroxyl groups is 1. The number of anilines is 1. The number of nitrogens with two attached hydrogens (primary N) is 1. The van der Waals surface area contributed by atoms with Crippen molar-refractivity contribution in [1.82, 2.24) is 19.6 Å². The predicted octanol–water partition coefficient (Wildman–Crippen LogP) is 1.88. The van der Waals surface area contributed by atoms with E-state index in [0.29, 0.717) is 31.5 Å². The van der Waals surface area contributed by atoms with Crippen molar-refractivity contribution in [1.29, 1.82) is 0 Å². The molecule has 144 valence electrons. The Morgan fingerprint density at radius 1 is 1.37 bits per heavy atom. The van der Waals surface area contributed by atoms with Crippen LogP contribution in [0.5, 0.6) is 5.88 Å². The highest BCUT2D eigenvalue weighted by atomic mass is 32.1. The van der Waals surface area contributed by atoms with Crippen LogP contribution >= 0.6 is 11.3 Å². The Morgan fingerprint density at radius 3 is 2.81 bits per heavy atom. The maximum atomic E-state index is 10.1. The van der Waals surface area contributed by atoms with E-state index in [4.69, 9.17) is 15.6 Å². The standard InChI is InChI=1S/C18H24N6O2S/c1-4-26-15-12(5-6-13(21-15)11(2)3)14-7-20-16-24(14)22-17(27-16)23-9-18(25,8-19)10-23/h5-7,11,25H,4,8-10,19H2,1-3H3. The first-order chi connectivity index (χ1) is 12.9. The Labute approximate surface area is 161 Å². The molecular formula is C18H24N6O2S. The second-order valence-corrected chi connectivity index (χ2v) is 8.12. The zero-order chi connectivity index (χ0) is 19.2. The molecule has 9 heteroatoms. The summed E-state index contributed by atoms with van der Waals surface area (Å²) in [5.74, 6) is 0.920. The Balaban J connectivity index is 1.70. The second-order valence-electron chi connectivity index (χ2n) is 7.18. The van der Waals surface area contributed by atoms with Crippen LogP contribution in [0.15, 0.2) is 18.3 Å². The van der Waals surface area contributed by atoms with Gasteiger partial charge in [0.15, 0.2) is 0 Å². The van der Waals surface area contributed by atoms with Crippen LogP contribution in [0.4, 0.5) is 5.13 Å². The predicted molar refractivity (Wildman–Crippen MR) is 106 cm³/mol. The van der Waals surface area contributed by atoms with Crippen molar-refractivity contribution in [2.45, 2.75) is 32.3 Å². The lowest BCUT2D eigenvalue weighted by Crippen LogP contribution is -2.65. The molecule has 0 unspecified atom stereocenters. The fraction of sp³-hybridized carbons (Fsp3) is 0.500. The SMILES string of the molecule is CCOc1nc(C(C)C)ccc1-c1cnc2sc(N3CC(O)(CN)C3)nn12. The number of ether oxygens (including phenoxy) is 1. The van der Waals surface area contributed by atoms with E-state index in [0.717, 1.165) is 27.0 Å². The van der Waals surface area contributed by atoms with E-state index >= 15 is 0 Å². The van der Waals surface area contributed by atoms with Gasteiger partial charge in [-0.3, -0.25) is 0 Å². The second kappa shape index (κ2) is 6.74. The molecule has 3 N–H and O–H groups in total. The topological polar surface area (TPSA) is 102 Å². The highest BCUT2D eigenvalue weighted by molar-refractivity contribution is 7.20. The van der Waals surface area contributed by atoms with Crippen molar-refractivity contribution in [2.24, 2.45) is 5.73 Å². The van der Waals surface area contributed by atoms with Gasteiger partial charge in [0.2, 0.25) is 16.0 Å². The first kappa shape index (κ1) is 18.1. The highest BCUT2D eigenvalue weighted by Crippen LogP contribution is 2.35. The largest absolute Gasteiger partial charge is 0.477 e. The molecule has 27 heavy (non-hydrogen) atoms. The first-order valence-electron chi connectivity index (χ1n) is 9.10. The molecule has 0 atom stereocenters. The lowest BCUT2D eigenvalue weighted by Gasteiger charge is -2.45. The van der Waals surface area contributed by atoms with E-state index in [-0.39, 0.29) is 6.54 Å². The molecule has 0 aromatic carbocycles. The van der Waals surface area contributed by atoms with Gasteiger partial charge in [0.05, 0.1) is 37.2 Å². The van der Waals surface area contributed by atoms with Crippen molar-refractivity contribution < 1.29 is 9.84 Å². The number of pyridine rings is 1. The number of nitrogens with zero attached hydrogens (tertiary/aromatic N) is 5. The van der Waals surface area contributed by atoms with Crippen LogP contribution in [-0.2, 0) is 0 Å². The molecule has 0 radical (unpaired) electrons. The van der Waals surface area contributed by atoms with Gasteiger partial charge in [-0.25, -0.2) is 14.5 Å². The minimum Gasteiger partial charge on any atom is -0.477 e. The van der Waals surface area contributed by atoms with Gasteiger partial charge < -0.3 is 20.5 Å². The van der Waals surface area contributed by atoms with Gasteiger partial charge in [-0.15, -0.1) is 5.10 Å². The van der Waals surface area contributed by atoms with Gasteiger partial charge in [-0.1, -0.05) is 25.2 Å². The minimum absolute atomic E-state index is 0.253. The summed E-state index contributed by atoms with van der Waals surface area (Å²) < 4.78 is 7.61. The van der Waals surface area contributed by atoms with Gasteiger partial charge in [0.1, 0.15) is 5.60 Å². The fourth-order valence-corrected chi connectivity index (χ4v) is 4.02. The smallest absolute Gasteiger partial charge is 0.223 e. The monoisotopic (exact) mass is 388 g/mol. The van der Waals surface area contributed by atoms with Gasteiger partial charge in [-0.05, 0) is 25.0 Å². The van der Waals surface area contributed by atoms with Gasteiger partial charge in [0.25, 0.3) is 0 Å². The van der Waals surface area contributed by atoms with E-state index in [9.17, 15) is 5.11 Å². The van der Waals surface area contributed by atoms with Crippen molar-refractivity contribution in [3.05, 3.63) is 24.0 Å². The Morgan fingerprint density at radius 2 is 2.15 bits per heavy atom. The van der Waals surface area contributed by atoms with E-state index in [1.165, 1.54) is 11.3 Å². The van der Waals surface area contributed by atoms with Gasteiger partial charge in [-0.2, -0.15) is 0 Å². The van der Waals surface area contributed by atoms with Gasteiger partial charge >= 0.3 is 0 Å². The molecule has 3 aromatic rings. The van der Waals surface area contributed by atoms with Crippen molar-refractivity contribution >= 4 is 21.4 Å². The minimum atomic E-state index is -0.810. The summed E-state index contributed by atoms with van der Waals surface area (Å²) in [5.41, 5.74) is 7.50. The van der Waals surface area contributed by atoms with Gasteiger partial charge in [0, 0.05) is 12.2 Å². The number of rotatable bonds is 6. The molecule has 0 amide bonds. The third kappa shape index (κ3) is 3.15. The molecule has 1 saturated heterocycles. The first-order valence-corrected chi connectivity index (χ1v) is 9.92. The van der Waals surface area contributed by atoms with Crippen LogP contribution in [0.25, 0.3) is 16.2 Å². The van der Waals surface area contributed by atoms with Crippen molar-refractivity contribution in [3.63, 3.8) is 0 Å². The molecule has 1 fully saturated rings. The Kier molecular flexibility index (Phi) is 4.53. The average Bonchev–Trinajstić information content (AvgIpc) is 3.20. The molecule has 1 aliphatic rings. The van der Waals surface area contributed by atoms with Crippen molar-refractivity contribution in [3.8, 4) is 17.1 Å². The summed E-state index contributed by atoms with van der Waals surface area (Å²) in [6.07, 6.45) is 1.80. The lowest BCUT2D eigenvalue weighted by atomic mass is 9.95. The van der Waals surface area contributed by atoms with E-state index in [1.54, 1.807) is 6.20 Å². The molecule has 0 bridgehead atoms. The third-order valence-electron chi connectivity index (χ3n) is 4.73. The summed E-state index contributed by atoms with van der Waals surface area (Å²) in [6.45, 7) is 7.94. The van der Waals surface area contributed by atoms with E-state index in [2.05, 4.69) is 23.8 Å². The normalized spacial score (nSPS) is 16.1. The molecule has 8 nitrogen and oxygen atoms in total. The molecule has 4 heterocycles. The molecule has 4 rings (SSSR count). The van der Waals surface area contributed by atoms with Crippen LogP contribution in [0, 0.1) is 0 Å². The summed E-state index contributed by atoms with van der Waals surface area (Å²) in [4.78, 5) is 12.0. The number of β-amino-alcohol motifs (C(OH)–C–C–N with tert-alkyl or cyclic N) is 1. The fourth-order valence-electron chi connectivity index (χ4n) is 3.14. The maximum Gasteiger partial charge on any atom is 0.223 e. The number of aromatic nitrogens is 4. The zero-order valence-electron chi connectivity index (χ0n) is 15.7. The van der Waals surface area contributed by atoms with E-state index < -0.39 is 5.60 Å². The number of hydrogen-bond donors (Lipinski definition) is 2. The van der Waals surface area contributed by atoms with Crippen LogP contribution in [0.2, 0.25) is 0 Å². The molecular weight excluding hydrogens is 364 g/mol. The van der Waals surface area contributed by atoms with E-state index in [1.807, 2.05) is 28.5 Å².